The molecule has 0 fully saturated rings. The Morgan fingerprint density at radius 2 is 2.05 bits per heavy atom. The molecule has 1 amide bonds. The number of aromatic amines is 1. The van der Waals surface area contributed by atoms with Crippen molar-refractivity contribution in [2.75, 3.05) is 5.75 Å². The second-order valence-corrected chi connectivity index (χ2v) is 5.65. The summed E-state index contributed by atoms with van der Waals surface area (Å²) in [6.45, 7) is 1.72. The highest BCUT2D eigenvalue weighted by molar-refractivity contribution is 7.99. The second kappa shape index (κ2) is 6.11. The van der Waals surface area contributed by atoms with Gasteiger partial charge < -0.3 is 16.5 Å². The number of aryl methyl sites for hydroxylation is 1. The maximum Gasteiger partial charge on any atom is 0.251 e. The summed E-state index contributed by atoms with van der Waals surface area (Å²) < 4.78 is 0. The van der Waals surface area contributed by atoms with Crippen LogP contribution in [0.25, 0.3) is 0 Å². The molecular formula is C14H16N4O2S. The van der Waals surface area contributed by atoms with Gasteiger partial charge in [-0.1, -0.05) is 42.1 Å². The number of hydrogen-bond acceptors (Lipinski definition) is 5. The Labute approximate surface area is 126 Å². The highest BCUT2D eigenvalue weighted by atomic mass is 32.2. The molecule has 0 saturated heterocycles. The topological polar surface area (TPSA) is 115 Å². The molecule has 0 aliphatic heterocycles. The smallest absolute Gasteiger partial charge is 0.251 e. The number of nitrogens with one attached hydrogen (secondary N) is 1. The Bertz CT molecular complexity index is 702. The zero-order chi connectivity index (χ0) is 15.5. The maximum absolute atomic E-state index is 11.8. The van der Waals surface area contributed by atoms with Crippen LogP contribution in [0.2, 0.25) is 0 Å². The zero-order valence-electron chi connectivity index (χ0n) is 11.5. The van der Waals surface area contributed by atoms with Gasteiger partial charge in [0.2, 0.25) is 5.91 Å². The SMILES string of the molecule is Cc1cc(=O)[nH]c(SCC(N)(C(N)=O)c2ccccc2)n1. The van der Waals surface area contributed by atoms with E-state index in [0.717, 1.165) is 0 Å². The van der Waals surface area contributed by atoms with Crippen LogP contribution in [0.15, 0.2) is 46.3 Å². The number of amides is 1. The van der Waals surface area contributed by atoms with Crippen molar-refractivity contribution in [1.82, 2.24) is 9.97 Å². The third-order valence-corrected chi connectivity index (χ3v) is 4.08. The minimum Gasteiger partial charge on any atom is -0.368 e. The third kappa shape index (κ3) is 3.50. The molecule has 1 heterocycles. The summed E-state index contributed by atoms with van der Waals surface area (Å²) in [6, 6.07) is 10.3. The molecule has 1 aromatic carbocycles. The minimum absolute atomic E-state index is 0.179. The van der Waals surface area contributed by atoms with Crippen LogP contribution in [0.1, 0.15) is 11.3 Å². The van der Waals surface area contributed by atoms with E-state index in [0.29, 0.717) is 16.4 Å². The van der Waals surface area contributed by atoms with E-state index in [2.05, 4.69) is 9.97 Å². The number of benzene rings is 1. The molecule has 0 spiro atoms. The molecule has 110 valence electrons. The number of nitrogens with zero attached hydrogens (tertiary/aromatic N) is 1. The fourth-order valence-electron chi connectivity index (χ4n) is 1.83. The molecule has 2 aromatic rings. The molecule has 0 radical (unpaired) electrons. The van der Waals surface area contributed by atoms with Gasteiger partial charge in [-0.25, -0.2) is 4.98 Å². The highest BCUT2D eigenvalue weighted by Gasteiger charge is 2.34. The average molecular weight is 304 g/mol. The Morgan fingerprint density at radius 1 is 1.38 bits per heavy atom. The number of carbonyl (C=O) groups is 1. The average Bonchev–Trinajstić information content (AvgIpc) is 2.44. The van der Waals surface area contributed by atoms with Crippen LogP contribution in [-0.4, -0.2) is 21.6 Å². The van der Waals surface area contributed by atoms with Gasteiger partial charge in [-0.3, -0.25) is 9.59 Å². The summed E-state index contributed by atoms with van der Waals surface area (Å²) in [7, 11) is 0. The van der Waals surface area contributed by atoms with Crippen molar-refractivity contribution >= 4 is 17.7 Å². The Hall–Kier alpha value is -2.12. The van der Waals surface area contributed by atoms with Gasteiger partial charge in [0.1, 0.15) is 5.54 Å². The van der Waals surface area contributed by atoms with E-state index >= 15 is 0 Å². The standard InChI is InChI=1S/C14H16N4O2S/c1-9-7-11(19)18-13(17-9)21-8-14(16,12(15)20)10-5-3-2-4-6-10/h2-7H,8,16H2,1H3,(H2,15,20)(H,17,18,19). The van der Waals surface area contributed by atoms with E-state index in [1.807, 2.05) is 6.07 Å². The van der Waals surface area contributed by atoms with E-state index in [4.69, 9.17) is 11.5 Å². The van der Waals surface area contributed by atoms with Crippen LogP contribution >= 0.6 is 11.8 Å². The normalized spacial score (nSPS) is 13.6. The van der Waals surface area contributed by atoms with Crippen LogP contribution in [0.4, 0.5) is 0 Å². The lowest BCUT2D eigenvalue weighted by Gasteiger charge is -2.25. The second-order valence-electron chi connectivity index (χ2n) is 4.68. The van der Waals surface area contributed by atoms with Gasteiger partial charge in [0, 0.05) is 17.5 Å². The molecule has 0 aliphatic rings. The summed E-state index contributed by atoms with van der Waals surface area (Å²) in [4.78, 5) is 30.0. The number of thioether (sulfide) groups is 1. The lowest BCUT2D eigenvalue weighted by Crippen LogP contribution is -2.51. The van der Waals surface area contributed by atoms with Gasteiger partial charge in [0.25, 0.3) is 5.56 Å². The van der Waals surface area contributed by atoms with Crippen LogP contribution in [0, 0.1) is 6.92 Å². The fraction of sp³-hybridized carbons (Fsp3) is 0.214. The van der Waals surface area contributed by atoms with Gasteiger partial charge in [-0.05, 0) is 12.5 Å². The first-order chi connectivity index (χ1) is 9.91. The lowest BCUT2D eigenvalue weighted by atomic mass is 9.92. The highest BCUT2D eigenvalue weighted by Crippen LogP contribution is 2.25. The number of aromatic nitrogens is 2. The van der Waals surface area contributed by atoms with Crippen LogP contribution < -0.4 is 17.0 Å². The predicted molar refractivity (Wildman–Crippen MR) is 81.8 cm³/mol. The Morgan fingerprint density at radius 3 is 2.62 bits per heavy atom. The predicted octanol–water partition coefficient (Wildman–Crippen LogP) is 0.510. The molecule has 5 N–H and O–H groups in total. The van der Waals surface area contributed by atoms with Crippen molar-refractivity contribution in [3.63, 3.8) is 0 Å². The molecule has 2 rings (SSSR count). The first-order valence-corrected chi connectivity index (χ1v) is 7.25. The molecule has 7 heteroatoms. The summed E-state index contributed by atoms with van der Waals surface area (Å²) in [5, 5.41) is 0.409. The first-order valence-electron chi connectivity index (χ1n) is 6.27. The van der Waals surface area contributed by atoms with E-state index in [1.54, 1.807) is 31.2 Å². The number of hydrogen-bond donors (Lipinski definition) is 3. The van der Waals surface area contributed by atoms with E-state index in [-0.39, 0.29) is 11.3 Å². The fourth-order valence-corrected chi connectivity index (χ4v) is 2.89. The van der Waals surface area contributed by atoms with Crippen molar-refractivity contribution in [3.05, 3.63) is 58.0 Å². The zero-order valence-corrected chi connectivity index (χ0v) is 12.3. The number of primary amides is 1. The molecule has 0 bridgehead atoms. The Kier molecular flexibility index (Phi) is 4.44. The molecule has 0 saturated carbocycles. The largest absolute Gasteiger partial charge is 0.368 e. The van der Waals surface area contributed by atoms with E-state index < -0.39 is 11.4 Å². The van der Waals surface area contributed by atoms with Crippen molar-refractivity contribution in [3.8, 4) is 0 Å². The van der Waals surface area contributed by atoms with Gasteiger partial charge in [0.15, 0.2) is 5.16 Å². The van der Waals surface area contributed by atoms with E-state index in [1.165, 1.54) is 17.8 Å². The van der Waals surface area contributed by atoms with Crippen LogP contribution in [-0.2, 0) is 10.3 Å². The minimum atomic E-state index is -1.33. The van der Waals surface area contributed by atoms with Crippen molar-refractivity contribution < 1.29 is 4.79 Å². The molecule has 21 heavy (non-hydrogen) atoms. The van der Waals surface area contributed by atoms with Crippen molar-refractivity contribution in [2.24, 2.45) is 11.5 Å². The van der Waals surface area contributed by atoms with Crippen LogP contribution in [0.5, 0.6) is 0 Å². The monoisotopic (exact) mass is 304 g/mol. The summed E-state index contributed by atoms with van der Waals surface area (Å²) in [5.41, 5.74) is 11.3. The quantitative estimate of drug-likeness (QED) is 0.550. The number of carbonyl (C=O) groups excluding carboxylic acids is 1. The van der Waals surface area contributed by atoms with Crippen molar-refractivity contribution in [1.29, 1.82) is 0 Å². The molecule has 6 nitrogen and oxygen atoms in total. The number of rotatable bonds is 5. The molecule has 1 aromatic heterocycles. The number of H-pyrrole nitrogens is 1. The lowest BCUT2D eigenvalue weighted by molar-refractivity contribution is -0.122. The molecule has 1 atom stereocenters. The van der Waals surface area contributed by atoms with Gasteiger partial charge in [0.05, 0.1) is 0 Å². The first kappa shape index (κ1) is 15.3. The molecule has 0 aliphatic carbocycles. The van der Waals surface area contributed by atoms with Crippen molar-refractivity contribution in [2.45, 2.75) is 17.6 Å². The molecule has 1 unspecified atom stereocenters. The maximum atomic E-state index is 11.8. The summed E-state index contributed by atoms with van der Waals surface area (Å²) >= 11 is 1.19. The summed E-state index contributed by atoms with van der Waals surface area (Å²) in [5.74, 6) is -0.449. The molecular weight excluding hydrogens is 288 g/mol. The Balaban J connectivity index is 2.25. The van der Waals surface area contributed by atoms with E-state index in [9.17, 15) is 9.59 Å². The third-order valence-electron chi connectivity index (χ3n) is 3.01. The van der Waals surface area contributed by atoms with Gasteiger partial charge >= 0.3 is 0 Å². The van der Waals surface area contributed by atoms with Gasteiger partial charge in [-0.2, -0.15) is 0 Å². The van der Waals surface area contributed by atoms with Crippen LogP contribution in [0.3, 0.4) is 0 Å². The van der Waals surface area contributed by atoms with Gasteiger partial charge in [-0.15, -0.1) is 0 Å². The summed E-state index contributed by atoms with van der Waals surface area (Å²) in [6.07, 6.45) is 0. The number of nitrogens with two attached hydrogens (primary N) is 2.